The molecule has 25 heavy (non-hydrogen) atoms. The third kappa shape index (κ3) is 5.10. The molecule has 1 heterocycles. The van der Waals surface area contributed by atoms with Crippen molar-refractivity contribution in [1.82, 2.24) is 9.47 Å². The van der Waals surface area contributed by atoms with Gasteiger partial charge in [-0.15, -0.1) is 0 Å². The fourth-order valence-electron chi connectivity index (χ4n) is 2.57. The van der Waals surface area contributed by atoms with E-state index in [0.717, 1.165) is 5.56 Å². The smallest absolute Gasteiger partial charge is 0.325 e. The molecule has 134 valence electrons. The number of rotatable bonds is 7. The van der Waals surface area contributed by atoms with E-state index in [-0.39, 0.29) is 25.1 Å². The average Bonchev–Trinajstić information content (AvgIpc) is 2.97. The molecule has 2 aromatic rings. The number of nitrogens with zero attached hydrogens (tertiary/aromatic N) is 2. The zero-order chi connectivity index (χ0) is 18.4. The number of esters is 1. The zero-order valence-electron chi connectivity index (χ0n) is 14.7. The van der Waals surface area contributed by atoms with Gasteiger partial charge in [0.2, 0.25) is 0 Å². The maximum absolute atomic E-state index is 13.1. The Balaban J connectivity index is 2.30. The van der Waals surface area contributed by atoms with Crippen molar-refractivity contribution in [3.63, 3.8) is 0 Å². The number of halogens is 1. The maximum Gasteiger partial charge on any atom is 0.325 e. The van der Waals surface area contributed by atoms with Crippen LogP contribution in [0.2, 0.25) is 5.02 Å². The Labute approximate surface area is 153 Å². The molecular weight excluding hydrogens is 340 g/mol. The molecule has 0 aliphatic heterocycles. The van der Waals surface area contributed by atoms with Crippen LogP contribution in [0.4, 0.5) is 0 Å². The number of aromatic nitrogens is 1. The van der Waals surface area contributed by atoms with Crippen LogP contribution in [0.25, 0.3) is 0 Å². The van der Waals surface area contributed by atoms with Gasteiger partial charge in [0.1, 0.15) is 12.2 Å². The van der Waals surface area contributed by atoms with Crippen molar-refractivity contribution in [2.24, 2.45) is 0 Å². The van der Waals surface area contributed by atoms with Crippen LogP contribution in [0.1, 0.15) is 42.9 Å². The van der Waals surface area contributed by atoms with Crippen LogP contribution in [-0.2, 0) is 16.1 Å². The van der Waals surface area contributed by atoms with Crippen LogP contribution in [0, 0.1) is 0 Å². The van der Waals surface area contributed by atoms with Gasteiger partial charge >= 0.3 is 5.97 Å². The summed E-state index contributed by atoms with van der Waals surface area (Å²) in [5.74, 6) is -0.682. The number of benzene rings is 1. The summed E-state index contributed by atoms with van der Waals surface area (Å²) in [4.78, 5) is 26.5. The quantitative estimate of drug-likeness (QED) is 0.701. The molecule has 0 aliphatic rings. The lowest BCUT2D eigenvalue weighted by atomic mass is 10.2. The van der Waals surface area contributed by atoms with E-state index < -0.39 is 5.97 Å². The highest BCUT2D eigenvalue weighted by atomic mass is 35.5. The maximum atomic E-state index is 13.1. The second kappa shape index (κ2) is 8.72. The molecule has 5 nitrogen and oxygen atoms in total. The minimum atomic E-state index is -0.430. The number of carbonyl (C=O) groups is 2. The van der Waals surface area contributed by atoms with Gasteiger partial charge in [-0.3, -0.25) is 9.59 Å². The molecular formula is C19H23ClN2O3. The predicted octanol–water partition coefficient (Wildman–Crippen LogP) is 3.93. The number of carbonyl (C=O) groups excluding carboxylic acids is 2. The first-order valence-corrected chi connectivity index (χ1v) is 8.66. The van der Waals surface area contributed by atoms with Crippen molar-refractivity contribution in [2.45, 2.75) is 33.4 Å². The van der Waals surface area contributed by atoms with E-state index in [1.165, 1.54) is 4.90 Å². The van der Waals surface area contributed by atoms with Crippen molar-refractivity contribution in [3.8, 4) is 0 Å². The molecule has 0 radical (unpaired) electrons. The molecule has 6 heteroatoms. The van der Waals surface area contributed by atoms with Crippen LogP contribution in [0.3, 0.4) is 0 Å². The molecule has 0 atom stereocenters. The van der Waals surface area contributed by atoms with Crippen LogP contribution < -0.4 is 0 Å². The van der Waals surface area contributed by atoms with Gasteiger partial charge in [0.05, 0.1) is 11.6 Å². The summed E-state index contributed by atoms with van der Waals surface area (Å²) in [7, 11) is 0. The Kier molecular flexibility index (Phi) is 6.65. The largest absolute Gasteiger partial charge is 0.465 e. The van der Waals surface area contributed by atoms with Gasteiger partial charge in [0, 0.05) is 18.8 Å². The lowest BCUT2D eigenvalue weighted by molar-refractivity contribution is -0.143. The van der Waals surface area contributed by atoms with Crippen molar-refractivity contribution >= 4 is 23.5 Å². The van der Waals surface area contributed by atoms with Gasteiger partial charge in [0.15, 0.2) is 0 Å². The second-order valence-corrected chi connectivity index (χ2v) is 6.43. The lowest BCUT2D eigenvalue weighted by Gasteiger charge is -2.23. The van der Waals surface area contributed by atoms with E-state index in [0.29, 0.717) is 17.3 Å². The van der Waals surface area contributed by atoms with Gasteiger partial charge in [-0.05, 0) is 32.4 Å². The number of hydrogen-bond donors (Lipinski definition) is 0. The average molecular weight is 363 g/mol. The molecule has 0 saturated carbocycles. The van der Waals surface area contributed by atoms with E-state index in [1.807, 2.05) is 48.7 Å². The Hall–Kier alpha value is -2.27. The first-order valence-electron chi connectivity index (χ1n) is 8.28. The molecule has 0 saturated heterocycles. The summed E-state index contributed by atoms with van der Waals surface area (Å²) in [5, 5.41) is 0.493. The first-order chi connectivity index (χ1) is 11.9. The van der Waals surface area contributed by atoms with E-state index >= 15 is 0 Å². The Morgan fingerprint density at radius 3 is 2.52 bits per heavy atom. The fourth-order valence-corrected chi connectivity index (χ4v) is 2.78. The fraction of sp³-hybridized carbons (Fsp3) is 0.368. The first kappa shape index (κ1) is 19.1. The van der Waals surface area contributed by atoms with Gasteiger partial charge in [-0.1, -0.05) is 41.9 Å². The molecule has 0 aliphatic carbocycles. The molecule has 0 fully saturated rings. The minimum absolute atomic E-state index is 0.0765. The number of hydrogen-bond acceptors (Lipinski definition) is 3. The van der Waals surface area contributed by atoms with Crippen LogP contribution in [0.5, 0.6) is 0 Å². The number of ether oxygens (including phenoxy) is 1. The molecule has 0 N–H and O–H groups in total. The molecule has 1 aromatic carbocycles. The summed E-state index contributed by atoms with van der Waals surface area (Å²) in [5.41, 5.74) is 1.40. The van der Waals surface area contributed by atoms with Crippen molar-refractivity contribution < 1.29 is 14.3 Å². The highest BCUT2D eigenvalue weighted by Gasteiger charge is 2.24. The Bertz CT molecular complexity index is 726. The van der Waals surface area contributed by atoms with Crippen LogP contribution in [0.15, 0.2) is 42.6 Å². The van der Waals surface area contributed by atoms with E-state index in [9.17, 15) is 9.59 Å². The van der Waals surface area contributed by atoms with Crippen molar-refractivity contribution in [2.75, 3.05) is 13.2 Å². The predicted molar refractivity (Wildman–Crippen MR) is 97.6 cm³/mol. The highest BCUT2D eigenvalue weighted by Crippen LogP contribution is 2.21. The lowest BCUT2D eigenvalue weighted by Crippen LogP contribution is -2.37. The normalized spacial score (nSPS) is 10.8. The van der Waals surface area contributed by atoms with E-state index in [2.05, 4.69) is 0 Å². The zero-order valence-corrected chi connectivity index (χ0v) is 15.5. The van der Waals surface area contributed by atoms with E-state index in [1.54, 1.807) is 19.2 Å². The summed E-state index contributed by atoms with van der Waals surface area (Å²) in [6.07, 6.45) is 1.73. The third-order valence-corrected chi connectivity index (χ3v) is 3.93. The highest BCUT2D eigenvalue weighted by molar-refractivity contribution is 6.31. The Morgan fingerprint density at radius 2 is 1.92 bits per heavy atom. The summed E-state index contributed by atoms with van der Waals surface area (Å²) < 4.78 is 6.83. The third-order valence-electron chi connectivity index (χ3n) is 3.72. The Morgan fingerprint density at radius 1 is 1.24 bits per heavy atom. The topological polar surface area (TPSA) is 51.5 Å². The van der Waals surface area contributed by atoms with Crippen molar-refractivity contribution in [3.05, 3.63) is 58.9 Å². The second-order valence-electron chi connectivity index (χ2n) is 6.00. The molecule has 0 unspecified atom stereocenters. The van der Waals surface area contributed by atoms with Gasteiger partial charge in [-0.2, -0.15) is 0 Å². The monoisotopic (exact) mass is 362 g/mol. The van der Waals surface area contributed by atoms with Gasteiger partial charge in [-0.25, -0.2) is 0 Å². The number of amides is 1. The van der Waals surface area contributed by atoms with Crippen molar-refractivity contribution in [1.29, 1.82) is 0 Å². The summed E-state index contributed by atoms with van der Waals surface area (Å²) in [6, 6.07) is 11.2. The summed E-state index contributed by atoms with van der Waals surface area (Å²) >= 11 is 6.09. The van der Waals surface area contributed by atoms with Crippen LogP contribution in [-0.4, -0.2) is 34.5 Å². The SMILES string of the molecule is CCOC(=O)CN(Cc1ccccc1)C(=O)c1cc(Cl)cn1C(C)C. The van der Waals surface area contributed by atoms with Crippen LogP contribution >= 0.6 is 11.6 Å². The van der Waals surface area contributed by atoms with Gasteiger partial charge in [0.25, 0.3) is 5.91 Å². The molecule has 2 rings (SSSR count). The molecule has 1 aromatic heterocycles. The van der Waals surface area contributed by atoms with E-state index in [4.69, 9.17) is 16.3 Å². The standard InChI is InChI=1S/C19H23ClN2O3/c1-4-25-18(23)13-21(11-15-8-6-5-7-9-15)19(24)17-10-16(20)12-22(17)14(2)3/h5-10,12,14H,4,11,13H2,1-3H3. The summed E-state index contributed by atoms with van der Waals surface area (Å²) in [6.45, 7) is 6.17. The minimum Gasteiger partial charge on any atom is -0.465 e. The van der Waals surface area contributed by atoms with Gasteiger partial charge < -0.3 is 14.2 Å². The molecule has 1 amide bonds. The molecule has 0 spiro atoms. The molecule has 0 bridgehead atoms.